The summed E-state index contributed by atoms with van der Waals surface area (Å²) in [7, 11) is 0. The first-order chi connectivity index (χ1) is 18.6. The van der Waals surface area contributed by atoms with Crippen molar-refractivity contribution in [3.63, 3.8) is 0 Å². The molecule has 0 saturated heterocycles. The molecular weight excluding hydrogens is 628 g/mol. The number of hydrogen-bond donors (Lipinski definition) is 0. The summed E-state index contributed by atoms with van der Waals surface area (Å²) in [5.41, 5.74) is 0. The van der Waals surface area contributed by atoms with Crippen LogP contribution >= 0.6 is 91.2 Å². The zero-order chi connectivity index (χ0) is 25.4. The molecule has 0 saturated carbocycles. The summed E-state index contributed by atoms with van der Waals surface area (Å²) in [6, 6.07) is 25.3. The standard InChI is InChI=1S/C28H12Cl2N2S6/c29-15-3-1-13-9-23(35-21(13)11-15)17-5-7-19(33-17)25-31-27-28(37-25)32-26(38-27)20-8-6-18(34-20)24-10-14-2-4-16(30)12-22(14)36-24/h1-12H. The summed E-state index contributed by atoms with van der Waals surface area (Å²) in [6.45, 7) is 0. The smallest absolute Gasteiger partial charge is 0.155 e. The summed E-state index contributed by atoms with van der Waals surface area (Å²) in [4.78, 5) is 19.3. The third kappa shape index (κ3) is 4.15. The number of thiophene rings is 4. The van der Waals surface area contributed by atoms with E-state index in [9.17, 15) is 0 Å². The highest BCUT2D eigenvalue weighted by molar-refractivity contribution is 7.33. The molecule has 0 N–H and O–H groups in total. The summed E-state index contributed by atoms with van der Waals surface area (Å²) >= 11 is 22.8. The maximum atomic E-state index is 6.18. The second-order valence-electron chi connectivity index (χ2n) is 8.56. The summed E-state index contributed by atoms with van der Waals surface area (Å²) in [5.74, 6) is 0. The van der Waals surface area contributed by atoms with Crippen LogP contribution in [-0.2, 0) is 0 Å². The predicted octanol–water partition coefficient (Wildman–Crippen LogP) is 12.3. The first kappa shape index (κ1) is 23.7. The number of rotatable bonds is 4. The van der Waals surface area contributed by atoms with Crippen molar-refractivity contribution in [1.82, 2.24) is 9.97 Å². The monoisotopic (exact) mass is 638 g/mol. The lowest BCUT2D eigenvalue weighted by Crippen LogP contribution is -1.67. The molecule has 6 heterocycles. The molecule has 2 nitrogen and oxygen atoms in total. The molecule has 0 atom stereocenters. The van der Waals surface area contributed by atoms with E-state index in [0.29, 0.717) is 0 Å². The molecule has 0 aliphatic carbocycles. The number of nitrogens with zero attached hydrogens (tertiary/aromatic N) is 2. The van der Waals surface area contributed by atoms with Crippen molar-refractivity contribution in [2.75, 3.05) is 0 Å². The average Bonchev–Trinajstić information content (AvgIpc) is 3.70. The van der Waals surface area contributed by atoms with Crippen molar-refractivity contribution in [3.8, 4) is 39.3 Å². The van der Waals surface area contributed by atoms with Crippen molar-refractivity contribution < 1.29 is 0 Å². The van der Waals surface area contributed by atoms with Crippen LogP contribution < -0.4 is 0 Å². The van der Waals surface area contributed by atoms with E-state index in [1.165, 1.54) is 49.4 Å². The van der Waals surface area contributed by atoms with Crippen LogP contribution in [0.15, 0.2) is 72.8 Å². The van der Waals surface area contributed by atoms with Crippen molar-refractivity contribution in [1.29, 1.82) is 0 Å². The van der Waals surface area contributed by atoms with Crippen LogP contribution in [0.2, 0.25) is 10.0 Å². The molecular formula is C28H12Cl2N2S6. The number of halogens is 2. The van der Waals surface area contributed by atoms with Gasteiger partial charge >= 0.3 is 0 Å². The van der Waals surface area contributed by atoms with Gasteiger partial charge in [-0.25, -0.2) is 9.97 Å². The third-order valence-electron chi connectivity index (χ3n) is 6.06. The van der Waals surface area contributed by atoms with Gasteiger partial charge in [-0.3, -0.25) is 0 Å². The van der Waals surface area contributed by atoms with Gasteiger partial charge in [0.15, 0.2) is 9.66 Å². The predicted molar refractivity (Wildman–Crippen MR) is 174 cm³/mol. The quantitative estimate of drug-likeness (QED) is 0.191. The number of benzene rings is 2. The van der Waals surface area contributed by atoms with E-state index in [2.05, 4.69) is 48.5 Å². The molecule has 0 radical (unpaired) electrons. The fourth-order valence-electron chi connectivity index (χ4n) is 4.28. The van der Waals surface area contributed by atoms with E-state index in [-0.39, 0.29) is 0 Å². The molecule has 0 fully saturated rings. The Morgan fingerprint density at radius 1 is 0.421 bits per heavy atom. The number of hydrogen-bond acceptors (Lipinski definition) is 8. The van der Waals surface area contributed by atoms with E-state index in [0.717, 1.165) is 29.7 Å². The summed E-state index contributed by atoms with van der Waals surface area (Å²) in [5, 5.41) is 6.06. The lowest BCUT2D eigenvalue weighted by molar-refractivity contribution is 1.51. The highest BCUT2D eigenvalue weighted by Gasteiger charge is 2.17. The number of aromatic nitrogens is 2. The van der Waals surface area contributed by atoms with Gasteiger partial charge in [0.1, 0.15) is 10.0 Å². The van der Waals surface area contributed by atoms with Gasteiger partial charge in [-0.1, -0.05) is 58.0 Å². The van der Waals surface area contributed by atoms with Crippen molar-refractivity contribution in [2.45, 2.75) is 0 Å². The highest BCUT2D eigenvalue weighted by Crippen LogP contribution is 2.45. The Labute approximate surface area is 251 Å². The first-order valence-corrected chi connectivity index (χ1v) is 17.1. The minimum absolute atomic E-state index is 0.775. The lowest BCUT2D eigenvalue weighted by Gasteiger charge is -1.91. The van der Waals surface area contributed by atoms with Crippen molar-refractivity contribution in [3.05, 3.63) is 82.8 Å². The molecule has 38 heavy (non-hydrogen) atoms. The average molecular weight is 640 g/mol. The molecule has 6 aromatic heterocycles. The molecule has 0 aliphatic heterocycles. The second kappa shape index (κ2) is 9.21. The lowest BCUT2D eigenvalue weighted by atomic mass is 10.2. The van der Waals surface area contributed by atoms with E-state index in [1.807, 2.05) is 24.3 Å². The molecule has 8 aromatic rings. The van der Waals surface area contributed by atoms with Gasteiger partial charge in [0, 0.05) is 39.0 Å². The van der Waals surface area contributed by atoms with Crippen LogP contribution in [0.1, 0.15) is 0 Å². The van der Waals surface area contributed by atoms with Gasteiger partial charge in [-0.2, -0.15) is 0 Å². The van der Waals surface area contributed by atoms with Gasteiger partial charge in [0.05, 0.1) is 9.75 Å². The van der Waals surface area contributed by atoms with Gasteiger partial charge < -0.3 is 0 Å². The normalized spacial score (nSPS) is 11.9. The van der Waals surface area contributed by atoms with Crippen LogP contribution in [0, 0.1) is 0 Å². The molecule has 184 valence electrons. The first-order valence-electron chi connectivity index (χ1n) is 11.4. The number of fused-ring (bicyclic) bond motifs is 3. The van der Waals surface area contributed by atoms with Gasteiger partial charge in [0.25, 0.3) is 0 Å². The topological polar surface area (TPSA) is 25.8 Å². The molecule has 10 heteroatoms. The van der Waals surface area contributed by atoms with Crippen LogP contribution in [0.4, 0.5) is 0 Å². The maximum Gasteiger partial charge on any atom is 0.155 e. The fourth-order valence-corrected chi connectivity index (χ4v) is 11.3. The SMILES string of the molecule is Clc1ccc2cc(-c3ccc(-c4nc5sc(-c6ccc(-c7cc8ccc(Cl)cc8s7)s6)nc5s4)s3)sc2c1. The van der Waals surface area contributed by atoms with E-state index in [1.54, 1.807) is 68.0 Å². The Balaban J connectivity index is 1.07. The van der Waals surface area contributed by atoms with E-state index in [4.69, 9.17) is 33.2 Å². The summed E-state index contributed by atoms with van der Waals surface area (Å²) < 4.78 is 2.42. The molecule has 0 unspecified atom stereocenters. The van der Waals surface area contributed by atoms with Gasteiger partial charge in [0.2, 0.25) is 0 Å². The van der Waals surface area contributed by atoms with Gasteiger partial charge in [-0.05, 0) is 71.4 Å². The van der Waals surface area contributed by atoms with Crippen LogP contribution in [0.3, 0.4) is 0 Å². The summed E-state index contributed by atoms with van der Waals surface area (Å²) in [6.07, 6.45) is 0. The molecule has 8 rings (SSSR count). The Hall–Kier alpha value is -2.14. The van der Waals surface area contributed by atoms with Gasteiger partial charge in [-0.15, -0.1) is 45.3 Å². The number of thiazole rings is 2. The molecule has 2 aromatic carbocycles. The van der Waals surface area contributed by atoms with Crippen LogP contribution in [0.5, 0.6) is 0 Å². The van der Waals surface area contributed by atoms with E-state index >= 15 is 0 Å². The Morgan fingerprint density at radius 2 is 0.868 bits per heavy atom. The van der Waals surface area contributed by atoms with Crippen molar-refractivity contribution in [2.24, 2.45) is 0 Å². The molecule has 0 spiro atoms. The maximum absolute atomic E-state index is 6.18. The minimum atomic E-state index is 0.775. The fraction of sp³-hybridized carbons (Fsp3) is 0. The molecule has 0 aliphatic rings. The van der Waals surface area contributed by atoms with E-state index < -0.39 is 0 Å². The van der Waals surface area contributed by atoms with Crippen LogP contribution in [0.25, 0.3) is 69.1 Å². The Morgan fingerprint density at radius 3 is 1.34 bits per heavy atom. The van der Waals surface area contributed by atoms with Crippen LogP contribution in [-0.4, -0.2) is 9.97 Å². The minimum Gasteiger partial charge on any atom is -0.222 e. The van der Waals surface area contributed by atoms with Crippen molar-refractivity contribution >= 4 is 121 Å². The third-order valence-corrected chi connectivity index (χ3v) is 13.7. The Kier molecular flexibility index (Phi) is 5.75. The zero-order valence-electron chi connectivity index (χ0n) is 19.0. The zero-order valence-corrected chi connectivity index (χ0v) is 25.4. The highest BCUT2D eigenvalue weighted by atomic mass is 35.5. The molecule has 0 amide bonds. The Bertz CT molecular complexity index is 1960. The largest absolute Gasteiger partial charge is 0.222 e. The second-order valence-corrected chi connectivity index (χ2v) is 15.7. The molecule has 0 bridgehead atoms.